The molecule has 0 bridgehead atoms. The van der Waals surface area contributed by atoms with Crippen LogP contribution < -0.4 is 5.73 Å². The Bertz CT molecular complexity index is 825. The highest BCUT2D eigenvalue weighted by Gasteiger charge is 2.28. The third-order valence-corrected chi connectivity index (χ3v) is 4.15. The fourth-order valence-electron chi connectivity index (χ4n) is 2.61. The Morgan fingerprint density at radius 3 is 2.07 bits per heavy atom. The van der Waals surface area contributed by atoms with Crippen molar-refractivity contribution in [2.24, 2.45) is 10.9 Å². The van der Waals surface area contributed by atoms with E-state index in [9.17, 15) is 9.90 Å². The van der Waals surface area contributed by atoms with Crippen LogP contribution in [0.4, 0.5) is 0 Å². The highest BCUT2D eigenvalue weighted by molar-refractivity contribution is 5.98. The van der Waals surface area contributed by atoms with E-state index < -0.39 is 5.97 Å². The number of amidine groups is 1. The Morgan fingerprint density at radius 2 is 1.63 bits per heavy atom. The van der Waals surface area contributed by atoms with Crippen LogP contribution in [-0.4, -0.2) is 21.9 Å². The van der Waals surface area contributed by atoms with Crippen LogP contribution >= 0.6 is 0 Å². The Balaban J connectivity index is 2.41. The summed E-state index contributed by atoms with van der Waals surface area (Å²) in [6.45, 7) is 11.8. The number of nitrogens with zero attached hydrogens (tertiary/aromatic N) is 2. The molecule has 0 aliphatic heterocycles. The number of aromatic nitrogens is 1. The van der Waals surface area contributed by atoms with Gasteiger partial charge in [0.25, 0.3) is 0 Å². The molecule has 0 aliphatic rings. The quantitative estimate of drug-likeness (QED) is 0.370. The maximum absolute atomic E-state index is 12.6. The highest BCUT2D eigenvalue weighted by atomic mass is 16.7. The van der Waals surface area contributed by atoms with Crippen molar-refractivity contribution in [3.05, 3.63) is 58.9 Å². The smallest absolute Gasteiger partial charge is 0.365 e. The van der Waals surface area contributed by atoms with Crippen LogP contribution in [0.5, 0.6) is 5.75 Å². The maximum atomic E-state index is 12.6. The largest absolute Gasteiger partial charge is 0.507 e. The number of pyridine rings is 1. The van der Waals surface area contributed by atoms with Gasteiger partial charge in [-0.15, -0.1) is 0 Å². The van der Waals surface area contributed by atoms with Crippen LogP contribution in [-0.2, 0) is 15.7 Å². The molecule has 0 saturated carbocycles. The predicted molar refractivity (Wildman–Crippen MR) is 106 cm³/mol. The van der Waals surface area contributed by atoms with Gasteiger partial charge in [-0.2, -0.15) is 0 Å². The fraction of sp³-hybridized carbons (Fsp3) is 0.381. The first-order valence-corrected chi connectivity index (χ1v) is 8.74. The Labute approximate surface area is 160 Å². The first kappa shape index (κ1) is 20.4. The minimum atomic E-state index is -0.641. The summed E-state index contributed by atoms with van der Waals surface area (Å²) in [6, 6.07) is 6.71. The number of aromatic hydroxyl groups is 1. The van der Waals surface area contributed by atoms with Crippen molar-refractivity contribution in [3.8, 4) is 5.75 Å². The summed E-state index contributed by atoms with van der Waals surface area (Å²) in [6.07, 6.45) is 3.14. The molecule has 2 aromatic rings. The van der Waals surface area contributed by atoms with Crippen molar-refractivity contribution in [3.63, 3.8) is 0 Å². The van der Waals surface area contributed by atoms with Crippen LogP contribution in [0.2, 0.25) is 0 Å². The molecule has 0 spiro atoms. The van der Waals surface area contributed by atoms with Gasteiger partial charge < -0.3 is 15.7 Å². The molecule has 6 nitrogen and oxygen atoms in total. The molecule has 3 N–H and O–H groups in total. The number of carbonyl (C=O) groups is 1. The molecule has 1 heterocycles. The van der Waals surface area contributed by atoms with Crippen molar-refractivity contribution >= 4 is 11.8 Å². The summed E-state index contributed by atoms with van der Waals surface area (Å²) in [4.78, 5) is 21.6. The average molecular weight is 369 g/mol. The molecule has 0 saturated heterocycles. The number of hydrogen-bond donors (Lipinski definition) is 2. The van der Waals surface area contributed by atoms with Gasteiger partial charge in [0, 0.05) is 29.1 Å². The molecule has 0 radical (unpaired) electrons. The molecule has 27 heavy (non-hydrogen) atoms. The number of carbonyl (C=O) groups excluding carboxylic acids is 1. The lowest BCUT2D eigenvalue weighted by Gasteiger charge is -2.27. The number of rotatable bonds is 3. The van der Waals surface area contributed by atoms with Crippen LogP contribution in [0.25, 0.3) is 0 Å². The zero-order chi connectivity index (χ0) is 20.4. The lowest BCUT2D eigenvalue weighted by atomic mass is 9.78. The highest BCUT2D eigenvalue weighted by Crippen LogP contribution is 2.39. The molecule has 2 rings (SSSR count). The first-order chi connectivity index (χ1) is 12.4. The predicted octanol–water partition coefficient (Wildman–Crippen LogP) is 3.86. The summed E-state index contributed by atoms with van der Waals surface area (Å²) in [5.41, 5.74) is 7.35. The number of benzene rings is 1. The maximum Gasteiger partial charge on any atom is 0.365 e. The zero-order valence-corrected chi connectivity index (χ0v) is 16.7. The molecule has 0 amide bonds. The van der Waals surface area contributed by atoms with Crippen LogP contribution in [0.15, 0.2) is 41.8 Å². The normalized spacial score (nSPS) is 12.7. The SMILES string of the molecule is CC(C)(C)c1cc(C(=O)O/N=C(/N)c2cccnc2)cc(C(C)(C)C)c1O. The second-order valence-electron chi connectivity index (χ2n) is 8.52. The number of phenols is 1. The van der Waals surface area contributed by atoms with Gasteiger partial charge in [0.2, 0.25) is 0 Å². The monoisotopic (exact) mass is 369 g/mol. The van der Waals surface area contributed by atoms with E-state index in [0.29, 0.717) is 22.3 Å². The summed E-state index contributed by atoms with van der Waals surface area (Å²) >= 11 is 0. The molecule has 1 aromatic carbocycles. The summed E-state index contributed by atoms with van der Waals surface area (Å²) in [7, 11) is 0. The summed E-state index contributed by atoms with van der Waals surface area (Å²) in [5, 5.41) is 14.4. The number of hydrogen-bond acceptors (Lipinski definition) is 5. The minimum Gasteiger partial charge on any atom is -0.507 e. The van der Waals surface area contributed by atoms with Gasteiger partial charge in [0.05, 0.1) is 5.56 Å². The molecular formula is C21H27N3O3. The molecular weight excluding hydrogens is 342 g/mol. The Morgan fingerprint density at radius 1 is 1.07 bits per heavy atom. The number of oxime groups is 1. The lowest BCUT2D eigenvalue weighted by Crippen LogP contribution is -2.19. The van der Waals surface area contributed by atoms with Gasteiger partial charge in [-0.25, -0.2) is 4.79 Å². The molecule has 0 fully saturated rings. The van der Waals surface area contributed by atoms with E-state index in [1.165, 1.54) is 6.20 Å². The van der Waals surface area contributed by atoms with Crippen molar-refractivity contribution in [2.75, 3.05) is 0 Å². The van der Waals surface area contributed by atoms with E-state index in [1.54, 1.807) is 30.5 Å². The first-order valence-electron chi connectivity index (χ1n) is 8.74. The lowest BCUT2D eigenvalue weighted by molar-refractivity contribution is 0.0515. The zero-order valence-electron chi connectivity index (χ0n) is 16.7. The second-order valence-corrected chi connectivity index (χ2v) is 8.52. The van der Waals surface area contributed by atoms with Crippen molar-refractivity contribution < 1.29 is 14.7 Å². The topological polar surface area (TPSA) is 97.8 Å². The van der Waals surface area contributed by atoms with E-state index in [0.717, 1.165) is 0 Å². The van der Waals surface area contributed by atoms with Crippen LogP contribution in [0, 0.1) is 0 Å². The molecule has 144 valence electrons. The van der Waals surface area contributed by atoms with Crippen molar-refractivity contribution in [1.29, 1.82) is 0 Å². The average Bonchev–Trinajstić information content (AvgIpc) is 2.58. The number of nitrogens with two attached hydrogens (primary N) is 1. The summed E-state index contributed by atoms with van der Waals surface area (Å²) in [5.74, 6) is -0.384. The Kier molecular flexibility index (Phi) is 5.59. The Hall–Kier alpha value is -2.89. The van der Waals surface area contributed by atoms with Crippen molar-refractivity contribution in [1.82, 2.24) is 4.98 Å². The van der Waals surface area contributed by atoms with E-state index in [2.05, 4.69) is 10.1 Å². The van der Waals surface area contributed by atoms with E-state index in [1.807, 2.05) is 41.5 Å². The van der Waals surface area contributed by atoms with Gasteiger partial charge >= 0.3 is 5.97 Å². The van der Waals surface area contributed by atoms with Gasteiger partial charge in [-0.05, 0) is 35.1 Å². The van der Waals surface area contributed by atoms with E-state index >= 15 is 0 Å². The molecule has 0 atom stereocenters. The molecule has 0 unspecified atom stereocenters. The molecule has 1 aromatic heterocycles. The minimum absolute atomic E-state index is 0.0577. The second kappa shape index (κ2) is 7.39. The van der Waals surface area contributed by atoms with Gasteiger partial charge in [-0.1, -0.05) is 46.7 Å². The van der Waals surface area contributed by atoms with Crippen molar-refractivity contribution in [2.45, 2.75) is 52.4 Å². The third kappa shape index (κ3) is 4.84. The van der Waals surface area contributed by atoms with E-state index in [-0.39, 0.29) is 22.4 Å². The fourth-order valence-corrected chi connectivity index (χ4v) is 2.61. The third-order valence-electron chi connectivity index (χ3n) is 4.15. The summed E-state index contributed by atoms with van der Waals surface area (Å²) < 4.78 is 0. The van der Waals surface area contributed by atoms with E-state index in [4.69, 9.17) is 10.6 Å². The van der Waals surface area contributed by atoms with Gasteiger partial charge in [0.15, 0.2) is 5.84 Å². The molecule has 6 heteroatoms. The van der Waals surface area contributed by atoms with Gasteiger partial charge in [0.1, 0.15) is 5.75 Å². The number of phenolic OH excluding ortho intramolecular Hbond substituents is 1. The van der Waals surface area contributed by atoms with Crippen LogP contribution in [0.3, 0.4) is 0 Å². The van der Waals surface area contributed by atoms with Crippen LogP contribution in [0.1, 0.15) is 68.6 Å². The molecule has 0 aliphatic carbocycles. The van der Waals surface area contributed by atoms with Gasteiger partial charge in [-0.3, -0.25) is 4.98 Å². The standard InChI is InChI=1S/C21H27N3O3/c1-20(2,3)15-10-14(11-16(17(15)25)21(4,5)6)19(26)27-24-18(22)13-8-7-9-23-12-13/h7-12,25H,1-6H3,(H2,22,24).